The molecule has 1 rings (SSSR count). The molecule has 7 heteroatoms. The van der Waals surface area contributed by atoms with Crippen LogP contribution in [0, 0.1) is 0 Å². The van der Waals surface area contributed by atoms with Crippen molar-refractivity contribution in [1.82, 2.24) is 15.6 Å². The maximum atomic E-state index is 11.7. The molecule has 0 fully saturated rings. The molecular formula is C13H22IN5O. The van der Waals surface area contributed by atoms with Crippen molar-refractivity contribution in [3.63, 3.8) is 0 Å². The number of guanidine groups is 1. The number of aliphatic imine (C=N–C) groups is 1. The lowest BCUT2D eigenvalue weighted by molar-refractivity contribution is 0.0954. The highest BCUT2D eigenvalue weighted by Crippen LogP contribution is 1.97. The van der Waals surface area contributed by atoms with Crippen molar-refractivity contribution < 1.29 is 4.79 Å². The second kappa shape index (κ2) is 8.72. The van der Waals surface area contributed by atoms with Gasteiger partial charge in [-0.2, -0.15) is 0 Å². The molecule has 20 heavy (non-hydrogen) atoms. The fourth-order valence-electron chi connectivity index (χ4n) is 1.37. The van der Waals surface area contributed by atoms with Crippen molar-refractivity contribution in [1.29, 1.82) is 0 Å². The third-order valence-corrected chi connectivity index (χ3v) is 2.11. The quantitative estimate of drug-likeness (QED) is 0.311. The lowest BCUT2D eigenvalue weighted by Gasteiger charge is -2.20. The molecule has 1 aromatic rings. The minimum absolute atomic E-state index is 0. The smallest absolute Gasteiger partial charge is 0.252 e. The third kappa shape index (κ3) is 7.93. The molecule has 1 heterocycles. The first-order valence-electron chi connectivity index (χ1n) is 6.15. The normalized spacial score (nSPS) is 11.4. The average molecular weight is 391 g/mol. The fourth-order valence-corrected chi connectivity index (χ4v) is 1.37. The Hall–Kier alpha value is -1.38. The predicted octanol–water partition coefficient (Wildman–Crippen LogP) is 1.13. The van der Waals surface area contributed by atoms with Gasteiger partial charge in [0.2, 0.25) is 0 Å². The van der Waals surface area contributed by atoms with Crippen LogP contribution in [0.3, 0.4) is 0 Å². The van der Waals surface area contributed by atoms with E-state index in [4.69, 9.17) is 5.73 Å². The lowest BCUT2D eigenvalue weighted by Crippen LogP contribution is -2.45. The summed E-state index contributed by atoms with van der Waals surface area (Å²) >= 11 is 0. The fraction of sp³-hybridized carbons (Fsp3) is 0.462. The maximum absolute atomic E-state index is 11.7. The van der Waals surface area contributed by atoms with E-state index in [0.29, 0.717) is 24.6 Å². The maximum Gasteiger partial charge on any atom is 0.252 e. The van der Waals surface area contributed by atoms with Gasteiger partial charge < -0.3 is 16.4 Å². The number of pyridine rings is 1. The number of hydrogen-bond donors (Lipinski definition) is 3. The zero-order valence-corrected chi connectivity index (χ0v) is 14.3. The van der Waals surface area contributed by atoms with Gasteiger partial charge in [0.1, 0.15) is 0 Å². The van der Waals surface area contributed by atoms with Crippen LogP contribution in [-0.4, -0.2) is 35.5 Å². The molecule has 0 radical (unpaired) electrons. The Balaban J connectivity index is 0.00000361. The Labute approximate surface area is 136 Å². The van der Waals surface area contributed by atoms with E-state index in [2.05, 4.69) is 20.6 Å². The van der Waals surface area contributed by atoms with Crippen LogP contribution in [0.1, 0.15) is 31.1 Å². The van der Waals surface area contributed by atoms with Crippen molar-refractivity contribution in [2.24, 2.45) is 10.7 Å². The summed E-state index contributed by atoms with van der Waals surface area (Å²) in [7, 11) is 0. The van der Waals surface area contributed by atoms with Crippen LogP contribution in [0.5, 0.6) is 0 Å². The molecule has 0 unspecified atom stereocenters. The summed E-state index contributed by atoms with van der Waals surface area (Å²) < 4.78 is 0. The van der Waals surface area contributed by atoms with Crippen molar-refractivity contribution >= 4 is 35.8 Å². The Morgan fingerprint density at radius 1 is 1.45 bits per heavy atom. The minimum Gasteiger partial charge on any atom is -0.370 e. The van der Waals surface area contributed by atoms with Crippen molar-refractivity contribution in [2.45, 2.75) is 26.3 Å². The molecule has 0 spiro atoms. The van der Waals surface area contributed by atoms with E-state index in [-0.39, 0.29) is 35.4 Å². The van der Waals surface area contributed by atoms with Gasteiger partial charge in [0.25, 0.3) is 5.91 Å². The summed E-state index contributed by atoms with van der Waals surface area (Å²) in [6.45, 7) is 6.86. The molecule has 6 nitrogen and oxygen atoms in total. The van der Waals surface area contributed by atoms with Gasteiger partial charge >= 0.3 is 0 Å². The number of nitrogens with zero attached hydrogens (tertiary/aromatic N) is 2. The van der Waals surface area contributed by atoms with E-state index in [0.717, 1.165) is 0 Å². The number of nitrogens with two attached hydrogens (primary N) is 1. The van der Waals surface area contributed by atoms with Crippen molar-refractivity contribution in [2.75, 3.05) is 13.1 Å². The van der Waals surface area contributed by atoms with Crippen LogP contribution in [-0.2, 0) is 0 Å². The Morgan fingerprint density at radius 3 is 2.70 bits per heavy atom. The van der Waals surface area contributed by atoms with E-state index in [1.54, 1.807) is 18.3 Å². The largest absolute Gasteiger partial charge is 0.370 e. The molecule has 0 bridgehead atoms. The van der Waals surface area contributed by atoms with Crippen LogP contribution in [0.4, 0.5) is 0 Å². The molecule has 0 saturated carbocycles. The van der Waals surface area contributed by atoms with Gasteiger partial charge in [-0.05, 0) is 32.9 Å². The molecule has 1 aromatic heterocycles. The topological polar surface area (TPSA) is 92.4 Å². The zero-order valence-electron chi connectivity index (χ0n) is 12.0. The predicted molar refractivity (Wildman–Crippen MR) is 91.4 cm³/mol. The molecule has 4 N–H and O–H groups in total. The van der Waals surface area contributed by atoms with Crippen LogP contribution in [0.15, 0.2) is 29.5 Å². The highest BCUT2D eigenvalue weighted by molar-refractivity contribution is 14.0. The van der Waals surface area contributed by atoms with Crippen LogP contribution in [0.25, 0.3) is 0 Å². The van der Waals surface area contributed by atoms with Gasteiger partial charge in [-0.25, -0.2) is 0 Å². The first kappa shape index (κ1) is 18.6. The number of carbonyl (C=O) groups excluding carboxylic acids is 1. The summed E-state index contributed by atoms with van der Waals surface area (Å²) in [6.07, 6.45) is 3.15. The number of nitrogens with one attached hydrogen (secondary N) is 2. The molecule has 1 amide bonds. The lowest BCUT2D eigenvalue weighted by atomic mass is 10.1. The van der Waals surface area contributed by atoms with E-state index in [1.165, 1.54) is 6.20 Å². The minimum atomic E-state index is -0.161. The molecule has 112 valence electrons. The Morgan fingerprint density at radius 2 is 2.15 bits per heavy atom. The van der Waals surface area contributed by atoms with E-state index in [9.17, 15) is 4.79 Å². The Bertz CT molecular complexity index is 442. The van der Waals surface area contributed by atoms with Gasteiger partial charge in [0, 0.05) is 24.5 Å². The highest BCUT2D eigenvalue weighted by Gasteiger charge is 2.09. The van der Waals surface area contributed by atoms with E-state index < -0.39 is 0 Å². The molecule has 0 saturated heterocycles. The first-order valence-corrected chi connectivity index (χ1v) is 6.15. The van der Waals surface area contributed by atoms with E-state index in [1.807, 2.05) is 20.8 Å². The average Bonchev–Trinajstić information content (AvgIpc) is 2.33. The molecule has 0 aliphatic rings. The van der Waals surface area contributed by atoms with Gasteiger partial charge in [-0.15, -0.1) is 24.0 Å². The number of halogens is 1. The number of carbonyl (C=O) groups is 1. The van der Waals surface area contributed by atoms with Crippen LogP contribution in [0.2, 0.25) is 0 Å². The molecular weight excluding hydrogens is 369 g/mol. The molecule has 0 aliphatic heterocycles. The second-order valence-electron chi connectivity index (χ2n) is 5.14. The number of amides is 1. The zero-order chi connectivity index (χ0) is 14.3. The second-order valence-corrected chi connectivity index (χ2v) is 5.14. The standard InChI is InChI=1S/C13H21N5O.HI/c1-13(2,3)18-12(14)17-8-7-16-11(19)10-5-4-6-15-9-10;/h4-6,9H,7-8H2,1-3H3,(H,16,19)(H3,14,17,18);1H. The molecule has 0 aliphatic carbocycles. The monoisotopic (exact) mass is 391 g/mol. The van der Waals surface area contributed by atoms with Gasteiger partial charge in [0.05, 0.1) is 12.1 Å². The van der Waals surface area contributed by atoms with Gasteiger partial charge in [-0.3, -0.25) is 14.8 Å². The van der Waals surface area contributed by atoms with Gasteiger partial charge in [0.15, 0.2) is 5.96 Å². The van der Waals surface area contributed by atoms with Crippen molar-refractivity contribution in [3.05, 3.63) is 30.1 Å². The van der Waals surface area contributed by atoms with Gasteiger partial charge in [-0.1, -0.05) is 0 Å². The van der Waals surface area contributed by atoms with Crippen LogP contribution >= 0.6 is 24.0 Å². The Kier molecular flexibility index (Phi) is 8.12. The number of rotatable bonds is 4. The molecule has 0 aromatic carbocycles. The summed E-state index contributed by atoms with van der Waals surface area (Å²) in [6, 6.07) is 3.43. The van der Waals surface area contributed by atoms with E-state index >= 15 is 0 Å². The summed E-state index contributed by atoms with van der Waals surface area (Å²) in [5, 5.41) is 5.79. The SMILES string of the molecule is CC(C)(C)NC(N)=NCCNC(=O)c1cccnc1.I. The summed E-state index contributed by atoms with van der Waals surface area (Å²) in [4.78, 5) is 19.7. The molecule has 0 atom stereocenters. The number of aromatic nitrogens is 1. The summed E-state index contributed by atoms with van der Waals surface area (Å²) in [5.74, 6) is 0.216. The number of hydrogen-bond acceptors (Lipinski definition) is 3. The van der Waals surface area contributed by atoms with Crippen LogP contribution < -0.4 is 16.4 Å². The third-order valence-electron chi connectivity index (χ3n) is 2.11. The summed E-state index contributed by atoms with van der Waals surface area (Å²) in [5.41, 5.74) is 6.12. The highest BCUT2D eigenvalue weighted by atomic mass is 127. The first-order chi connectivity index (χ1) is 8.88. The van der Waals surface area contributed by atoms with Crippen molar-refractivity contribution in [3.8, 4) is 0 Å².